The fourth-order valence-corrected chi connectivity index (χ4v) is 3.34. The van der Waals surface area contributed by atoms with Crippen LogP contribution in [0.15, 0.2) is 57.0 Å². The molecule has 6 nitrogen and oxygen atoms in total. The van der Waals surface area contributed by atoms with Crippen molar-refractivity contribution in [2.45, 2.75) is 24.4 Å². The van der Waals surface area contributed by atoms with Crippen molar-refractivity contribution in [1.29, 1.82) is 0 Å². The van der Waals surface area contributed by atoms with Gasteiger partial charge in [-0.1, -0.05) is 29.1 Å². The van der Waals surface area contributed by atoms with Gasteiger partial charge in [-0.3, -0.25) is 0 Å². The first-order valence-corrected chi connectivity index (χ1v) is 8.27. The standard InChI is InChI=1S/C16H14N4O2S/c1-2-20-13-6-4-3-5-12(13)17-16(20)23-10-14-18-15(22-19-14)11-7-8-21-9-11/h3-9H,2,10H2,1H3. The van der Waals surface area contributed by atoms with Crippen molar-refractivity contribution in [3.05, 3.63) is 48.7 Å². The van der Waals surface area contributed by atoms with Crippen molar-refractivity contribution in [2.75, 3.05) is 0 Å². The number of fused-ring (bicyclic) bond motifs is 1. The average Bonchev–Trinajstić information content (AvgIpc) is 3.30. The lowest BCUT2D eigenvalue weighted by atomic mass is 10.3. The molecule has 3 aromatic heterocycles. The molecule has 4 aromatic rings. The summed E-state index contributed by atoms with van der Waals surface area (Å²) in [6.45, 7) is 2.99. The fourth-order valence-electron chi connectivity index (χ4n) is 2.41. The molecule has 116 valence electrons. The Hall–Kier alpha value is -2.54. The lowest BCUT2D eigenvalue weighted by Crippen LogP contribution is -1.96. The molecule has 0 unspecified atom stereocenters. The Morgan fingerprint density at radius 3 is 2.91 bits per heavy atom. The Morgan fingerprint density at radius 1 is 1.17 bits per heavy atom. The first kappa shape index (κ1) is 14.1. The van der Waals surface area contributed by atoms with Crippen molar-refractivity contribution < 1.29 is 8.94 Å². The summed E-state index contributed by atoms with van der Waals surface area (Å²) >= 11 is 1.60. The number of thioether (sulfide) groups is 1. The molecule has 0 saturated heterocycles. The molecule has 0 bridgehead atoms. The van der Waals surface area contributed by atoms with Crippen molar-refractivity contribution in [3.8, 4) is 11.5 Å². The lowest BCUT2D eigenvalue weighted by molar-refractivity contribution is 0.424. The predicted octanol–water partition coefficient (Wildman–Crippen LogP) is 3.99. The second kappa shape index (κ2) is 5.92. The summed E-state index contributed by atoms with van der Waals surface area (Å²) in [5.74, 6) is 1.71. The zero-order valence-electron chi connectivity index (χ0n) is 12.5. The normalized spacial score (nSPS) is 11.3. The van der Waals surface area contributed by atoms with Gasteiger partial charge in [0.2, 0.25) is 0 Å². The summed E-state index contributed by atoms with van der Waals surface area (Å²) in [5.41, 5.74) is 2.93. The number of aromatic nitrogens is 4. The first-order chi connectivity index (χ1) is 11.3. The van der Waals surface area contributed by atoms with Crippen LogP contribution < -0.4 is 0 Å². The van der Waals surface area contributed by atoms with Gasteiger partial charge in [0.25, 0.3) is 5.89 Å². The number of rotatable bonds is 5. The van der Waals surface area contributed by atoms with Crippen LogP contribution in [0.3, 0.4) is 0 Å². The molecular weight excluding hydrogens is 312 g/mol. The van der Waals surface area contributed by atoms with E-state index in [-0.39, 0.29) is 0 Å². The van der Waals surface area contributed by atoms with Crippen LogP contribution in [0.4, 0.5) is 0 Å². The smallest absolute Gasteiger partial charge is 0.261 e. The van der Waals surface area contributed by atoms with Crippen molar-refractivity contribution in [2.24, 2.45) is 0 Å². The second-order valence-corrected chi connectivity index (χ2v) is 5.89. The van der Waals surface area contributed by atoms with Gasteiger partial charge < -0.3 is 13.5 Å². The highest BCUT2D eigenvalue weighted by Gasteiger charge is 2.13. The van der Waals surface area contributed by atoms with Crippen LogP contribution in [0.25, 0.3) is 22.5 Å². The van der Waals surface area contributed by atoms with E-state index in [0.29, 0.717) is 17.5 Å². The molecule has 0 aliphatic heterocycles. The molecule has 0 aliphatic rings. The zero-order chi connectivity index (χ0) is 15.6. The minimum atomic E-state index is 0.471. The quantitative estimate of drug-likeness (QED) is 0.516. The maximum atomic E-state index is 5.25. The summed E-state index contributed by atoms with van der Waals surface area (Å²) in [7, 11) is 0. The fraction of sp³-hybridized carbons (Fsp3) is 0.188. The third kappa shape index (κ3) is 2.63. The molecule has 7 heteroatoms. The number of aryl methyl sites for hydroxylation is 1. The molecule has 0 amide bonds. The number of para-hydroxylation sites is 2. The third-order valence-corrected chi connectivity index (χ3v) is 4.47. The zero-order valence-corrected chi connectivity index (χ0v) is 13.3. The molecule has 1 aromatic carbocycles. The summed E-state index contributed by atoms with van der Waals surface area (Å²) in [6.07, 6.45) is 3.17. The minimum Gasteiger partial charge on any atom is -0.472 e. The van der Waals surface area contributed by atoms with E-state index in [0.717, 1.165) is 28.3 Å². The van der Waals surface area contributed by atoms with E-state index < -0.39 is 0 Å². The van der Waals surface area contributed by atoms with E-state index in [1.165, 1.54) is 0 Å². The molecule has 0 aliphatic carbocycles. The largest absolute Gasteiger partial charge is 0.472 e. The highest BCUT2D eigenvalue weighted by atomic mass is 32.2. The van der Waals surface area contributed by atoms with Gasteiger partial charge in [-0.25, -0.2) is 4.98 Å². The van der Waals surface area contributed by atoms with Gasteiger partial charge in [-0.15, -0.1) is 0 Å². The molecule has 0 atom stereocenters. The summed E-state index contributed by atoms with van der Waals surface area (Å²) in [6, 6.07) is 9.93. The maximum Gasteiger partial charge on any atom is 0.261 e. The first-order valence-electron chi connectivity index (χ1n) is 7.28. The molecule has 0 saturated carbocycles. The van der Waals surface area contributed by atoms with E-state index >= 15 is 0 Å². The molecule has 0 N–H and O–H groups in total. The Balaban J connectivity index is 1.55. The molecular formula is C16H14N4O2S. The Kier molecular flexibility index (Phi) is 3.63. The second-order valence-electron chi connectivity index (χ2n) is 4.94. The van der Waals surface area contributed by atoms with Crippen LogP contribution in [0.5, 0.6) is 0 Å². The van der Waals surface area contributed by atoms with Gasteiger partial charge in [-0.05, 0) is 25.1 Å². The van der Waals surface area contributed by atoms with Gasteiger partial charge in [-0.2, -0.15) is 4.98 Å². The van der Waals surface area contributed by atoms with Gasteiger partial charge in [0.05, 0.1) is 28.6 Å². The van der Waals surface area contributed by atoms with Crippen molar-refractivity contribution in [3.63, 3.8) is 0 Å². The number of hydrogen-bond donors (Lipinski definition) is 0. The van der Waals surface area contributed by atoms with E-state index in [1.807, 2.05) is 18.2 Å². The summed E-state index contributed by atoms with van der Waals surface area (Å²) in [4.78, 5) is 9.06. The molecule has 3 heterocycles. The minimum absolute atomic E-state index is 0.471. The molecule has 23 heavy (non-hydrogen) atoms. The Morgan fingerprint density at radius 2 is 2.09 bits per heavy atom. The molecule has 0 radical (unpaired) electrons. The maximum absolute atomic E-state index is 5.25. The third-order valence-electron chi connectivity index (χ3n) is 3.50. The number of hydrogen-bond acceptors (Lipinski definition) is 6. The van der Waals surface area contributed by atoms with E-state index in [2.05, 4.69) is 32.7 Å². The van der Waals surface area contributed by atoms with Gasteiger partial charge in [0, 0.05) is 6.54 Å². The summed E-state index contributed by atoms with van der Waals surface area (Å²) < 4.78 is 12.5. The van der Waals surface area contributed by atoms with E-state index in [1.54, 1.807) is 30.4 Å². The van der Waals surface area contributed by atoms with Crippen LogP contribution in [-0.4, -0.2) is 19.7 Å². The Labute approximate surface area is 136 Å². The van der Waals surface area contributed by atoms with Crippen LogP contribution in [0.1, 0.15) is 12.7 Å². The van der Waals surface area contributed by atoms with Crippen LogP contribution >= 0.6 is 11.8 Å². The van der Waals surface area contributed by atoms with E-state index in [4.69, 9.17) is 8.94 Å². The lowest BCUT2D eigenvalue weighted by Gasteiger charge is -2.03. The summed E-state index contributed by atoms with van der Waals surface area (Å²) in [5, 5.41) is 4.97. The highest BCUT2D eigenvalue weighted by molar-refractivity contribution is 7.98. The van der Waals surface area contributed by atoms with Gasteiger partial charge >= 0.3 is 0 Å². The predicted molar refractivity (Wildman–Crippen MR) is 87.0 cm³/mol. The number of nitrogens with zero attached hydrogens (tertiary/aromatic N) is 4. The molecule has 4 rings (SSSR count). The van der Waals surface area contributed by atoms with Crippen LogP contribution in [0, 0.1) is 0 Å². The molecule has 0 spiro atoms. The van der Waals surface area contributed by atoms with Crippen molar-refractivity contribution >= 4 is 22.8 Å². The van der Waals surface area contributed by atoms with Gasteiger partial charge in [0.1, 0.15) is 6.26 Å². The highest BCUT2D eigenvalue weighted by Crippen LogP contribution is 2.27. The molecule has 0 fully saturated rings. The van der Waals surface area contributed by atoms with Gasteiger partial charge in [0.15, 0.2) is 11.0 Å². The van der Waals surface area contributed by atoms with Crippen LogP contribution in [-0.2, 0) is 12.3 Å². The number of imidazole rings is 1. The Bertz CT molecular complexity index is 927. The number of furan rings is 1. The SMILES string of the molecule is CCn1c(SCc2noc(-c3ccoc3)n2)nc2ccccc21. The van der Waals surface area contributed by atoms with Crippen molar-refractivity contribution in [1.82, 2.24) is 19.7 Å². The average molecular weight is 326 g/mol. The van der Waals surface area contributed by atoms with E-state index in [9.17, 15) is 0 Å². The topological polar surface area (TPSA) is 69.9 Å². The number of benzene rings is 1. The van der Waals surface area contributed by atoms with Crippen LogP contribution in [0.2, 0.25) is 0 Å². The monoisotopic (exact) mass is 326 g/mol.